The number of aliphatic imine (C=N–C) groups is 1. The highest BCUT2D eigenvalue weighted by Gasteiger charge is 2.25. The molecule has 0 aliphatic heterocycles. The summed E-state index contributed by atoms with van der Waals surface area (Å²) in [5.41, 5.74) is 2.45. The Morgan fingerprint density at radius 3 is 2.83 bits per heavy atom. The van der Waals surface area contributed by atoms with E-state index in [0.717, 1.165) is 19.3 Å². The lowest BCUT2D eigenvalue weighted by atomic mass is 10.3. The van der Waals surface area contributed by atoms with Crippen LogP contribution in [0.25, 0.3) is 0 Å². The monoisotopic (exact) mass is 257 g/mol. The second kappa shape index (κ2) is 7.88. The number of carbonyl (C=O) groups excluding carboxylic acids is 1. The van der Waals surface area contributed by atoms with Crippen molar-refractivity contribution in [1.29, 1.82) is 0 Å². The van der Waals surface area contributed by atoms with E-state index in [1.165, 1.54) is 0 Å². The Morgan fingerprint density at radius 1 is 1.56 bits per heavy atom. The molecule has 0 aromatic carbocycles. The molecule has 0 aromatic heterocycles. The van der Waals surface area contributed by atoms with E-state index < -0.39 is 0 Å². The van der Waals surface area contributed by atoms with E-state index in [1.807, 2.05) is 0 Å². The number of carbonyl (C=O) groups is 1. The highest BCUT2D eigenvalue weighted by molar-refractivity contribution is 5.88. The first-order valence-corrected chi connectivity index (χ1v) is 6.24. The molecule has 0 spiro atoms. The number of hydrogen-bond acceptors (Lipinski definition) is 4. The zero-order valence-corrected chi connectivity index (χ0v) is 11.0. The lowest BCUT2D eigenvalue weighted by molar-refractivity contribution is -0.122. The van der Waals surface area contributed by atoms with Gasteiger partial charge in [-0.2, -0.15) is 0 Å². The van der Waals surface area contributed by atoms with Gasteiger partial charge in [0.2, 0.25) is 11.9 Å². The highest BCUT2D eigenvalue weighted by Crippen LogP contribution is 2.18. The normalized spacial score (nSPS) is 17.2. The van der Waals surface area contributed by atoms with Crippen molar-refractivity contribution in [1.82, 2.24) is 16.1 Å². The Kier molecular flexibility index (Phi) is 6.45. The van der Waals surface area contributed by atoms with E-state index in [9.17, 15) is 4.79 Å². The molecular weight excluding hydrogens is 234 g/mol. The minimum Gasteiger partial charge on any atom is -0.385 e. The molecule has 0 heterocycles. The van der Waals surface area contributed by atoms with Gasteiger partial charge < -0.3 is 15.4 Å². The second-order valence-corrected chi connectivity index (χ2v) is 4.37. The average molecular weight is 257 g/mol. The number of nitrogens with zero attached hydrogens (tertiary/aromatic N) is 1. The van der Waals surface area contributed by atoms with Gasteiger partial charge in [-0.05, 0) is 26.2 Å². The van der Waals surface area contributed by atoms with Gasteiger partial charge in [0.25, 0.3) is 0 Å². The summed E-state index contributed by atoms with van der Waals surface area (Å²) in [4.78, 5) is 15.9. The van der Waals surface area contributed by atoms with Crippen molar-refractivity contribution in [3.05, 3.63) is 0 Å². The van der Waals surface area contributed by atoms with E-state index >= 15 is 0 Å². The van der Waals surface area contributed by atoms with Gasteiger partial charge in [-0.3, -0.25) is 15.2 Å². The number of guanidine groups is 1. The van der Waals surface area contributed by atoms with Crippen molar-refractivity contribution in [3.63, 3.8) is 0 Å². The van der Waals surface area contributed by atoms with Crippen LogP contribution in [0.4, 0.5) is 0 Å². The van der Waals surface area contributed by atoms with Crippen molar-refractivity contribution in [2.45, 2.75) is 38.3 Å². The van der Waals surface area contributed by atoms with Crippen molar-refractivity contribution in [2.24, 2.45) is 10.8 Å². The summed E-state index contributed by atoms with van der Waals surface area (Å²) in [7, 11) is 1.65. The molecule has 1 fully saturated rings. The maximum atomic E-state index is 11.7. The van der Waals surface area contributed by atoms with E-state index in [4.69, 9.17) is 10.6 Å². The van der Waals surface area contributed by atoms with Crippen molar-refractivity contribution < 1.29 is 9.53 Å². The van der Waals surface area contributed by atoms with Crippen molar-refractivity contribution in [2.75, 3.05) is 20.3 Å². The number of nitrogens with two attached hydrogens (primary N) is 1. The quantitative estimate of drug-likeness (QED) is 0.156. The summed E-state index contributed by atoms with van der Waals surface area (Å²) in [6, 6.07) is -0.00231. The predicted octanol–water partition coefficient (Wildman–Crippen LogP) is -0.901. The summed E-state index contributed by atoms with van der Waals surface area (Å²) < 4.78 is 4.92. The van der Waals surface area contributed by atoms with E-state index in [1.54, 1.807) is 14.0 Å². The number of hydrogen-bond donors (Lipinski definition) is 4. The number of rotatable bonds is 7. The molecule has 7 heteroatoms. The molecule has 1 unspecified atom stereocenters. The molecule has 0 aromatic rings. The number of amides is 1. The van der Waals surface area contributed by atoms with Gasteiger partial charge in [-0.25, -0.2) is 5.84 Å². The third kappa shape index (κ3) is 5.83. The number of methoxy groups -OCH3 is 1. The second-order valence-electron chi connectivity index (χ2n) is 4.37. The van der Waals surface area contributed by atoms with Gasteiger partial charge in [0.05, 0.1) is 0 Å². The summed E-state index contributed by atoms with van der Waals surface area (Å²) >= 11 is 0. The van der Waals surface area contributed by atoms with Gasteiger partial charge in [-0.15, -0.1) is 0 Å². The third-order valence-corrected chi connectivity index (χ3v) is 2.58. The molecule has 18 heavy (non-hydrogen) atoms. The molecular formula is C11H23N5O2. The standard InChI is InChI=1S/C11H23N5O2/c1-8(10(17)15-9-4-5-9)14-11(16-12)13-6-3-7-18-2/h8-9H,3-7,12H2,1-2H3,(H,15,17)(H2,13,14,16). The molecule has 0 saturated heterocycles. The van der Waals surface area contributed by atoms with Crippen LogP contribution in [0, 0.1) is 0 Å². The number of hydrazine groups is 1. The molecule has 1 aliphatic carbocycles. The Balaban J connectivity index is 2.28. The Hall–Kier alpha value is -1.34. The van der Waals surface area contributed by atoms with Crippen molar-refractivity contribution >= 4 is 11.9 Å². The molecule has 104 valence electrons. The molecule has 1 amide bonds. The fourth-order valence-electron chi connectivity index (χ4n) is 1.36. The summed E-state index contributed by atoms with van der Waals surface area (Å²) in [5, 5.41) is 5.85. The topological polar surface area (TPSA) is 101 Å². The molecule has 1 rings (SSSR count). The van der Waals surface area contributed by atoms with Crippen LogP contribution < -0.4 is 21.9 Å². The SMILES string of the molecule is COCCCN=C(NN)NC(C)C(=O)NC1CC1. The molecule has 7 nitrogen and oxygen atoms in total. The van der Waals surface area contributed by atoms with Crippen LogP contribution in [0.15, 0.2) is 4.99 Å². The minimum absolute atomic E-state index is 0.0302. The van der Waals surface area contributed by atoms with Crippen LogP contribution in [-0.2, 0) is 9.53 Å². The first-order valence-electron chi connectivity index (χ1n) is 6.24. The fraction of sp³-hybridized carbons (Fsp3) is 0.818. The van der Waals surface area contributed by atoms with Crippen LogP contribution in [-0.4, -0.2) is 44.2 Å². The maximum absolute atomic E-state index is 11.7. The zero-order valence-electron chi connectivity index (χ0n) is 11.0. The molecule has 1 aliphatic rings. The van der Waals surface area contributed by atoms with E-state index in [0.29, 0.717) is 25.2 Å². The lowest BCUT2D eigenvalue weighted by Crippen LogP contribution is -2.51. The molecule has 0 radical (unpaired) electrons. The first-order chi connectivity index (χ1) is 8.67. The Labute approximate surface area is 108 Å². The van der Waals surface area contributed by atoms with Gasteiger partial charge in [-0.1, -0.05) is 0 Å². The fourth-order valence-corrected chi connectivity index (χ4v) is 1.36. The van der Waals surface area contributed by atoms with Crippen LogP contribution in [0.1, 0.15) is 26.2 Å². The average Bonchev–Trinajstić information content (AvgIpc) is 3.16. The van der Waals surface area contributed by atoms with Crippen LogP contribution in [0.3, 0.4) is 0 Å². The zero-order chi connectivity index (χ0) is 13.4. The van der Waals surface area contributed by atoms with Gasteiger partial charge in [0, 0.05) is 26.3 Å². The Morgan fingerprint density at radius 2 is 2.28 bits per heavy atom. The van der Waals surface area contributed by atoms with Gasteiger partial charge in [0.15, 0.2) is 0 Å². The number of nitrogens with one attached hydrogen (secondary N) is 3. The van der Waals surface area contributed by atoms with Gasteiger partial charge in [0.1, 0.15) is 6.04 Å². The lowest BCUT2D eigenvalue weighted by Gasteiger charge is -2.16. The van der Waals surface area contributed by atoms with Crippen LogP contribution >= 0.6 is 0 Å². The summed E-state index contributed by atoms with van der Waals surface area (Å²) in [6.07, 6.45) is 2.96. The molecule has 0 bridgehead atoms. The largest absolute Gasteiger partial charge is 0.385 e. The predicted molar refractivity (Wildman–Crippen MR) is 69.9 cm³/mol. The molecule has 1 atom stereocenters. The maximum Gasteiger partial charge on any atom is 0.242 e. The van der Waals surface area contributed by atoms with Gasteiger partial charge >= 0.3 is 0 Å². The Bertz CT molecular complexity index is 291. The van der Waals surface area contributed by atoms with E-state index in [-0.39, 0.29) is 11.9 Å². The minimum atomic E-state index is -0.358. The van der Waals surface area contributed by atoms with Crippen LogP contribution in [0.2, 0.25) is 0 Å². The highest BCUT2D eigenvalue weighted by atomic mass is 16.5. The van der Waals surface area contributed by atoms with E-state index in [2.05, 4.69) is 21.1 Å². The summed E-state index contributed by atoms with van der Waals surface area (Å²) in [6.45, 7) is 3.02. The molecule has 1 saturated carbocycles. The smallest absolute Gasteiger partial charge is 0.242 e. The first kappa shape index (κ1) is 14.7. The van der Waals surface area contributed by atoms with Crippen LogP contribution in [0.5, 0.6) is 0 Å². The summed E-state index contributed by atoms with van der Waals surface area (Å²) in [5.74, 6) is 5.73. The third-order valence-electron chi connectivity index (χ3n) is 2.58. The number of ether oxygens (including phenoxy) is 1. The molecule has 5 N–H and O–H groups in total. The van der Waals surface area contributed by atoms with Crippen molar-refractivity contribution in [3.8, 4) is 0 Å².